The van der Waals surface area contributed by atoms with Crippen LogP contribution in [0.25, 0.3) is 0 Å². The molecule has 5 nitrogen and oxygen atoms in total. The molecule has 0 N–H and O–H groups in total. The number of rotatable bonds is 4. The molecule has 0 aromatic heterocycles. The van der Waals surface area contributed by atoms with Crippen molar-refractivity contribution in [2.24, 2.45) is 5.41 Å². The third-order valence-corrected chi connectivity index (χ3v) is 8.20. The molecule has 182 valence electrons. The van der Waals surface area contributed by atoms with Gasteiger partial charge in [-0.05, 0) is 42.3 Å². The summed E-state index contributed by atoms with van der Waals surface area (Å²) >= 11 is 0. The maximum atomic E-state index is 14.2. The molecule has 1 heterocycles. The number of nitriles is 2. The van der Waals surface area contributed by atoms with E-state index in [9.17, 15) is 32.1 Å². The average molecular weight is 508 g/mol. The third-order valence-electron chi connectivity index (χ3n) is 6.41. The van der Waals surface area contributed by atoms with Crippen molar-refractivity contribution in [2.75, 3.05) is 4.31 Å². The summed E-state index contributed by atoms with van der Waals surface area (Å²) in [5.41, 5.74) is -2.73. The van der Waals surface area contributed by atoms with Crippen LogP contribution >= 0.6 is 0 Å². The molecule has 36 heavy (non-hydrogen) atoms. The van der Waals surface area contributed by atoms with E-state index in [4.69, 9.17) is 0 Å². The van der Waals surface area contributed by atoms with Crippen LogP contribution in [-0.2, 0) is 16.2 Å². The number of allylic oxidation sites excluding steroid dienone is 1. The van der Waals surface area contributed by atoms with E-state index in [1.54, 1.807) is 37.3 Å². The highest BCUT2D eigenvalue weighted by Gasteiger charge is 2.58. The predicted molar refractivity (Wildman–Crippen MR) is 128 cm³/mol. The molecule has 0 amide bonds. The fourth-order valence-corrected chi connectivity index (χ4v) is 6.44. The molecule has 1 aliphatic heterocycles. The van der Waals surface area contributed by atoms with Crippen molar-refractivity contribution >= 4 is 15.7 Å². The van der Waals surface area contributed by atoms with E-state index in [0.29, 0.717) is 5.56 Å². The second kappa shape index (κ2) is 8.85. The summed E-state index contributed by atoms with van der Waals surface area (Å²) in [6.07, 6.45) is -3.56. The van der Waals surface area contributed by atoms with Crippen LogP contribution in [0.3, 0.4) is 0 Å². The number of sulfonamides is 1. The molecule has 0 unspecified atom stereocenters. The second-order valence-corrected chi connectivity index (χ2v) is 10.3. The van der Waals surface area contributed by atoms with E-state index < -0.39 is 44.7 Å². The van der Waals surface area contributed by atoms with Crippen molar-refractivity contribution in [1.29, 1.82) is 10.5 Å². The van der Waals surface area contributed by atoms with E-state index in [1.165, 1.54) is 36.4 Å². The van der Waals surface area contributed by atoms with Crippen molar-refractivity contribution in [1.82, 2.24) is 0 Å². The summed E-state index contributed by atoms with van der Waals surface area (Å²) in [4.78, 5) is -0.181. The fourth-order valence-electron chi connectivity index (χ4n) is 4.75. The Bertz CT molecular complexity index is 1500. The van der Waals surface area contributed by atoms with Gasteiger partial charge in [0.05, 0.1) is 28.3 Å². The first kappa shape index (κ1) is 25.0. The minimum absolute atomic E-state index is 0.0751. The summed E-state index contributed by atoms with van der Waals surface area (Å²) in [7, 11) is -4.55. The Hall–Kier alpha value is -4.08. The van der Waals surface area contributed by atoms with Crippen LogP contribution in [0.15, 0.2) is 90.3 Å². The molecule has 0 aliphatic carbocycles. The first-order chi connectivity index (χ1) is 17.0. The van der Waals surface area contributed by atoms with Crippen molar-refractivity contribution in [3.8, 4) is 12.1 Å². The average Bonchev–Trinajstić information content (AvgIpc) is 2.86. The number of para-hydroxylation sites is 1. The highest BCUT2D eigenvalue weighted by molar-refractivity contribution is 7.92. The molecule has 0 saturated carbocycles. The minimum Gasteiger partial charge on any atom is -0.256 e. The number of hydrogen-bond donors (Lipinski definition) is 0. The van der Waals surface area contributed by atoms with Gasteiger partial charge in [0.2, 0.25) is 0 Å². The number of benzene rings is 3. The lowest BCUT2D eigenvalue weighted by Crippen LogP contribution is -2.50. The number of fused-ring (bicyclic) bond motifs is 1. The van der Waals surface area contributed by atoms with E-state index in [-0.39, 0.29) is 10.6 Å². The van der Waals surface area contributed by atoms with Crippen LogP contribution in [0.1, 0.15) is 34.2 Å². The Balaban J connectivity index is 2.18. The lowest BCUT2D eigenvalue weighted by Gasteiger charge is -2.48. The van der Waals surface area contributed by atoms with Crippen LogP contribution in [0.4, 0.5) is 18.9 Å². The number of nitrogens with zero attached hydrogens (tertiary/aromatic N) is 3. The Morgan fingerprint density at radius 1 is 0.944 bits per heavy atom. The second-order valence-electron chi connectivity index (χ2n) is 8.47. The van der Waals surface area contributed by atoms with Gasteiger partial charge in [-0.2, -0.15) is 23.7 Å². The van der Waals surface area contributed by atoms with Gasteiger partial charge in [-0.15, -0.1) is 6.58 Å². The normalized spacial score (nSPS) is 19.0. The lowest BCUT2D eigenvalue weighted by molar-refractivity contribution is -0.138. The maximum Gasteiger partial charge on any atom is 0.416 e. The van der Waals surface area contributed by atoms with Gasteiger partial charge >= 0.3 is 6.18 Å². The van der Waals surface area contributed by atoms with E-state index in [2.05, 4.69) is 6.58 Å². The van der Waals surface area contributed by atoms with Gasteiger partial charge in [0.25, 0.3) is 10.0 Å². The van der Waals surface area contributed by atoms with Gasteiger partial charge in [-0.25, -0.2) is 8.42 Å². The van der Waals surface area contributed by atoms with Crippen LogP contribution in [-0.4, -0.2) is 8.42 Å². The lowest BCUT2D eigenvalue weighted by atomic mass is 9.64. The largest absolute Gasteiger partial charge is 0.416 e. The zero-order valence-corrected chi connectivity index (χ0v) is 19.9. The zero-order valence-electron chi connectivity index (χ0n) is 19.1. The first-order valence-electron chi connectivity index (χ1n) is 10.8. The molecule has 3 aromatic rings. The highest BCUT2D eigenvalue weighted by atomic mass is 32.2. The summed E-state index contributed by atoms with van der Waals surface area (Å²) in [5.74, 6) is -1.07. The molecule has 1 aliphatic rings. The molecule has 3 aromatic carbocycles. The minimum atomic E-state index is -4.87. The number of halogens is 3. The van der Waals surface area contributed by atoms with E-state index in [0.717, 1.165) is 22.0 Å². The van der Waals surface area contributed by atoms with Crippen molar-refractivity contribution in [3.63, 3.8) is 0 Å². The zero-order chi connectivity index (χ0) is 26.3. The van der Waals surface area contributed by atoms with Gasteiger partial charge in [0.1, 0.15) is 6.04 Å². The van der Waals surface area contributed by atoms with Crippen LogP contribution in [0.2, 0.25) is 0 Å². The van der Waals surface area contributed by atoms with Gasteiger partial charge < -0.3 is 0 Å². The predicted octanol–water partition coefficient (Wildman–Crippen LogP) is 6.27. The number of hydrogen-bond acceptors (Lipinski definition) is 4. The Labute approximate surface area is 207 Å². The first-order valence-corrected chi connectivity index (χ1v) is 12.3. The highest BCUT2D eigenvalue weighted by Crippen LogP contribution is 2.58. The summed E-state index contributed by atoms with van der Waals surface area (Å²) in [6, 6.07) is 18.4. The SMILES string of the molecule is C=C[C@@H]1c2ccccc2N(S(=O)(=O)c2ccc(C)cc2)[C@H](c2ccccc2C(F)(F)F)C1(C#N)C#N. The molecule has 0 fully saturated rings. The quantitative estimate of drug-likeness (QED) is 0.390. The van der Waals surface area contributed by atoms with E-state index in [1.807, 2.05) is 12.1 Å². The fraction of sp³-hybridized carbons (Fsp3) is 0.185. The Morgan fingerprint density at radius 3 is 2.06 bits per heavy atom. The molecular formula is C27H20F3N3O2S. The smallest absolute Gasteiger partial charge is 0.256 e. The topological polar surface area (TPSA) is 85.0 Å². The Kier molecular flexibility index (Phi) is 6.15. The van der Waals surface area contributed by atoms with Gasteiger partial charge in [0, 0.05) is 5.92 Å². The van der Waals surface area contributed by atoms with Gasteiger partial charge in [0.15, 0.2) is 5.41 Å². The summed E-state index contributed by atoms with van der Waals surface area (Å²) < 4.78 is 71.6. The molecule has 0 bridgehead atoms. The van der Waals surface area contributed by atoms with Crippen LogP contribution < -0.4 is 4.31 Å². The molecule has 0 saturated heterocycles. The molecule has 4 rings (SSSR count). The molecular weight excluding hydrogens is 487 g/mol. The monoisotopic (exact) mass is 507 g/mol. The van der Waals surface area contributed by atoms with Crippen LogP contribution in [0, 0.1) is 35.0 Å². The summed E-state index contributed by atoms with van der Waals surface area (Å²) in [5, 5.41) is 20.7. The van der Waals surface area contributed by atoms with E-state index >= 15 is 0 Å². The van der Waals surface area contributed by atoms with Crippen LogP contribution in [0.5, 0.6) is 0 Å². The maximum absolute atomic E-state index is 14.2. The summed E-state index contributed by atoms with van der Waals surface area (Å²) in [6.45, 7) is 5.50. The third kappa shape index (κ3) is 3.73. The Morgan fingerprint density at radius 2 is 1.50 bits per heavy atom. The number of anilines is 1. The van der Waals surface area contributed by atoms with Crippen molar-refractivity contribution in [2.45, 2.75) is 30.0 Å². The van der Waals surface area contributed by atoms with Gasteiger partial charge in [-0.1, -0.05) is 60.2 Å². The van der Waals surface area contributed by atoms with Crippen molar-refractivity contribution < 1.29 is 21.6 Å². The van der Waals surface area contributed by atoms with Crippen molar-refractivity contribution in [3.05, 3.63) is 108 Å². The molecule has 0 radical (unpaired) electrons. The number of alkyl halides is 3. The molecule has 9 heteroatoms. The molecule has 0 spiro atoms. The van der Waals surface area contributed by atoms with Gasteiger partial charge in [-0.3, -0.25) is 4.31 Å². The molecule has 2 atom stereocenters. The number of aryl methyl sites for hydroxylation is 1. The standard InChI is InChI=1S/C27H20F3N3O2S/c1-3-22-20-8-5-7-11-24(20)33(36(34,35)19-14-12-18(2)13-15-19)25(26(22,16-31)17-32)21-9-4-6-10-23(21)27(28,29)30/h3-15,22,25H,1H2,2H3/t22-,25-/m1/s1.